The van der Waals surface area contributed by atoms with E-state index in [2.05, 4.69) is 25.6 Å². The van der Waals surface area contributed by atoms with Crippen molar-refractivity contribution in [3.05, 3.63) is 81.7 Å². The van der Waals surface area contributed by atoms with Crippen molar-refractivity contribution in [1.82, 2.24) is 34.2 Å². The Bertz CT molecular complexity index is 1530. The smallest absolute Gasteiger partial charge is 0.277 e. The Labute approximate surface area is 202 Å². The molecule has 0 spiro atoms. The van der Waals surface area contributed by atoms with Crippen LogP contribution < -0.4 is 5.32 Å². The third-order valence-corrected chi connectivity index (χ3v) is 6.06. The first-order valence-electron chi connectivity index (χ1n) is 10.1. The first-order valence-corrected chi connectivity index (χ1v) is 10.9. The summed E-state index contributed by atoms with van der Waals surface area (Å²) < 4.78 is 18.8. The van der Waals surface area contributed by atoms with E-state index in [1.807, 2.05) is 14.0 Å². The van der Waals surface area contributed by atoms with Gasteiger partial charge in [-0.2, -0.15) is 15.3 Å². The van der Waals surface area contributed by atoms with Gasteiger partial charge in [-0.15, -0.1) is 0 Å². The molecule has 4 heterocycles. The highest BCUT2D eigenvalue weighted by Crippen LogP contribution is 2.25. The Morgan fingerprint density at radius 2 is 2.00 bits per heavy atom. The highest BCUT2D eigenvalue weighted by atomic mass is 35.5. The van der Waals surface area contributed by atoms with Crippen molar-refractivity contribution >= 4 is 40.6 Å². The van der Waals surface area contributed by atoms with Gasteiger partial charge in [0.15, 0.2) is 17.2 Å². The molecule has 0 atom stereocenters. The molecule has 9 nitrogen and oxygen atoms in total. The average molecular weight is 499 g/mol. The highest BCUT2D eigenvalue weighted by molar-refractivity contribution is 6.33. The fourth-order valence-corrected chi connectivity index (χ4v) is 3.96. The Morgan fingerprint density at radius 3 is 2.74 bits per heavy atom. The Morgan fingerprint density at radius 1 is 1.18 bits per heavy atom. The van der Waals surface area contributed by atoms with Crippen LogP contribution >= 0.6 is 23.2 Å². The molecule has 34 heavy (non-hydrogen) atoms. The molecule has 12 heteroatoms. The van der Waals surface area contributed by atoms with E-state index >= 15 is 0 Å². The van der Waals surface area contributed by atoms with Crippen LogP contribution in [0.2, 0.25) is 10.0 Å². The molecule has 4 aromatic heterocycles. The number of anilines is 1. The molecule has 0 aliphatic rings. The van der Waals surface area contributed by atoms with Crippen molar-refractivity contribution in [2.24, 2.45) is 7.05 Å². The zero-order valence-electron chi connectivity index (χ0n) is 18.0. The lowest BCUT2D eigenvalue weighted by Crippen LogP contribution is -2.14. The SMILES string of the molecule is Cc1c(-c2ccnc3cc(C(=O)Nc4nn(Cc5c(F)cccc5Cl)cc4Cl)nn23)cnn1C. The number of carbonyl (C=O) groups is 1. The molecule has 0 aliphatic heterocycles. The number of halogens is 3. The van der Waals surface area contributed by atoms with Gasteiger partial charge in [0.2, 0.25) is 0 Å². The normalized spacial score (nSPS) is 11.3. The minimum absolute atomic E-state index is 0.0488. The van der Waals surface area contributed by atoms with Crippen molar-refractivity contribution in [2.45, 2.75) is 13.5 Å². The second-order valence-corrected chi connectivity index (χ2v) is 8.39. The van der Waals surface area contributed by atoms with Crippen molar-refractivity contribution in [3.63, 3.8) is 0 Å². The Hall–Kier alpha value is -3.76. The second-order valence-electron chi connectivity index (χ2n) is 7.57. The lowest BCUT2D eigenvalue weighted by atomic mass is 10.2. The van der Waals surface area contributed by atoms with Crippen LogP contribution in [0.4, 0.5) is 10.2 Å². The van der Waals surface area contributed by atoms with Crippen LogP contribution in [0.1, 0.15) is 21.7 Å². The van der Waals surface area contributed by atoms with Crippen molar-refractivity contribution in [1.29, 1.82) is 0 Å². The number of nitrogens with one attached hydrogen (secondary N) is 1. The topological polar surface area (TPSA) is 94.9 Å². The fourth-order valence-electron chi connectivity index (χ4n) is 3.54. The van der Waals surface area contributed by atoms with E-state index in [1.165, 1.54) is 23.0 Å². The minimum atomic E-state index is -0.518. The van der Waals surface area contributed by atoms with E-state index in [0.29, 0.717) is 5.65 Å². The fraction of sp³-hybridized carbons (Fsp3) is 0.136. The molecular formula is C22H17Cl2FN8O. The Kier molecular flexibility index (Phi) is 5.54. The van der Waals surface area contributed by atoms with E-state index in [1.54, 1.807) is 39.8 Å². The molecule has 0 bridgehead atoms. The highest BCUT2D eigenvalue weighted by Gasteiger charge is 2.19. The summed E-state index contributed by atoms with van der Waals surface area (Å²) in [7, 11) is 1.85. The maximum atomic E-state index is 14.1. The van der Waals surface area contributed by atoms with Gasteiger partial charge >= 0.3 is 0 Å². The third kappa shape index (κ3) is 3.91. The quantitative estimate of drug-likeness (QED) is 0.387. The number of benzene rings is 1. The molecule has 0 unspecified atom stereocenters. The number of nitrogens with zero attached hydrogens (tertiary/aromatic N) is 7. The summed E-state index contributed by atoms with van der Waals surface area (Å²) in [6.45, 7) is 1.99. The van der Waals surface area contributed by atoms with Crippen LogP contribution in [-0.2, 0) is 13.6 Å². The number of aryl methyl sites for hydroxylation is 1. The number of aromatic nitrogens is 7. The molecule has 0 radical (unpaired) electrons. The van der Waals surface area contributed by atoms with Crippen molar-refractivity contribution < 1.29 is 9.18 Å². The zero-order chi connectivity index (χ0) is 24.0. The number of carbonyl (C=O) groups excluding carboxylic acids is 1. The molecule has 5 aromatic rings. The van der Waals surface area contributed by atoms with E-state index < -0.39 is 11.7 Å². The van der Waals surface area contributed by atoms with E-state index in [0.717, 1.165) is 17.0 Å². The van der Waals surface area contributed by atoms with Gasteiger partial charge in [-0.3, -0.25) is 14.2 Å². The van der Waals surface area contributed by atoms with Crippen LogP contribution in [0.5, 0.6) is 0 Å². The van der Waals surface area contributed by atoms with E-state index in [4.69, 9.17) is 23.2 Å². The first-order chi connectivity index (χ1) is 16.3. The number of fused-ring (bicyclic) bond motifs is 1. The van der Waals surface area contributed by atoms with Crippen LogP contribution in [0.25, 0.3) is 16.9 Å². The molecular weight excluding hydrogens is 482 g/mol. The van der Waals surface area contributed by atoms with Gasteiger partial charge < -0.3 is 5.32 Å². The van der Waals surface area contributed by atoms with Crippen molar-refractivity contribution in [3.8, 4) is 11.3 Å². The average Bonchev–Trinajstić information content (AvgIpc) is 3.49. The zero-order valence-corrected chi connectivity index (χ0v) is 19.5. The molecule has 0 saturated carbocycles. The summed E-state index contributed by atoms with van der Waals surface area (Å²) in [5.41, 5.74) is 3.46. The number of hydrogen-bond donors (Lipinski definition) is 1. The predicted octanol–water partition coefficient (Wildman–Crippen LogP) is 4.38. The molecule has 0 aliphatic carbocycles. The summed E-state index contributed by atoms with van der Waals surface area (Å²) >= 11 is 12.3. The maximum absolute atomic E-state index is 14.1. The van der Waals surface area contributed by atoms with Gasteiger partial charge in [0, 0.05) is 47.4 Å². The molecule has 1 aromatic carbocycles. The van der Waals surface area contributed by atoms with Crippen LogP contribution in [0.15, 0.2) is 48.9 Å². The molecule has 5 rings (SSSR count). The minimum Gasteiger partial charge on any atom is -0.302 e. The monoisotopic (exact) mass is 498 g/mol. The lowest BCUT2D eigenvalue weighted by Gasteiger charge is -2.05. The summed E-state index contributed by atoms with van der Waals surface area (Å²) in [4.78, 5) is 17.2. The van der Waals surface area contributed by atoms with E-state index in [9.17, 15) is 9.18 Å². The summed E-state index contributed by atoms with van der Waals surface area (Å²) in [6, 6.07) is 7.79. The largest absolute Gasteiger partial charge is 0.302 e. The van der Waals surface area contributed by atoms with Gasteiger partial charge in [-0.05, 0) is 25.1 Å². The molecule has 1 N–H and O–H groups in total. The van der Waals surface area contributed by atoms with Gasteiger partial charge in [0.1, 0.15) is 10.8 Å². The Balaban J connectivity index is 1.41. The van der Waals surface area contributed by atoms with Crippen LogP contribution in [0.3, 0.4) is 0 Å². The molecule has 1 amide bonds. The van der Waals surface area contributed by atoms with Gasteiger partial charge in [0.25, 0.3) is 5.91 Å². The maximum Gasteiger partial charge on any atom is 0.277 e. The standard InChI is InChI=1S/C22H17Cl2FN8O/c1-12-13(9-27-31(12)2)19-6-7-26-20-8-18(29-33(19)20)22(34)28-21-16(24)11-32(30-21)10-14-15(23)4-3-5-17(14)25/h3-9,11H,10H2,1-2H3,(H,28,30,34). The van der Waals surface area contributed by atoms with Gasteiger partial charge in [-0.25, -0.2) is 13.9 Å². The first kappa shape index (κ1) is 22.1. The molecule has 172 valence electrons. The number of amides is 1. The number of hydrogen-bond acceptors (Lipinski definition) is 5. The summed E-state index contributed by atoms with van der Waals surface area (Å²) in [6.07, 6.45) is 4.86. The predicted molar refractivity (Wildman–Crippen MR) is 126 cm³/mol. The summed E-state index contributed by atoms with van der Waals surface area (Å²) in [5.74, 6) is -0.857. The number of rotatable bonds is 5. The van der Waals surface area contributed by atoms with Crippen LogP contribution in [-0.4, -0.2) is 40.1 Å². The van der Waals surface area contributed by atoms with Crippen LogP contribution in [0, 0.1) is 12.7 Å². The van der Waals surface area contributed by atoms with Crippen molar-refractivity contribution in [2.75, 3.05) is 5.32 Å². The lowest BCUT2D eigenvalue weighted by molar-refractivity contribution is 0.102. The molecule has 0 saturated heterocycles. The molecule has 0 fully saturated rings. The summed E-state index contributed by atoms with van der Waals surface area (Å²) in [5, 5.41) is 16.1. The second kappa shape index (κ2) is 8.54. The third-order valence-electron chi connectivity index (χ3n) is 5.43. The van der Waals surface area contributed by atoms with Gasteiger partial charge in [-0.1, -0.05) is 29.3 Å². The van der Waals surface area contributed by atoms with Gasteiger partial charge in [0.05, 0.1) is 18.4 Å². The van der Waals surface area contributed by atoms with E-state index in [-0.39, 0.29) is 33.7 Å².